The number of hydrogen-bond acceptors (Lipinski definition) is 3. The van der Waals surface area contributed by atoms with Crippen LogP contribution >= 0.6 is 0 Å². The van der Waals surface area contributed by atoms with Gasteiger partial charge in [-0.1, -0.05) is 103 Å². The summed E-state index contributed by atoms with van der Waals surface area (Å²) in [5.41, 5.74) is 2.05. The fourth-order valence-corrected chi connectivity index (χ4v) is 3.93. The summed E-state index contributed by atoms with van der Waals surface area (Å²) in [5, 5.41) is 0. The summed E-state index contributed by atoms with van der Waals surface area (Å²) < 4.78 is 24.9. The zero-order chi connectivity index (χ0) is 24.6. The minimum atomic E-state index is -1.59. The van der Waals surface area contributed by atoms with Crippen LogP contribution < -0.4 is 9.47 Å². The molecule has 3 nitrogen and oxygen atoms in total. The molecule has 0 amide bonds. The van der Waals surface area contributed by atoms with Gasteiger partial charge in [-0.2, -0.15) is 0 Å². The maximum absolute atomic E-state index is 13.9. The normalized spacial score (nSPS) is 12.0. The molecule has 188 valence electrons. The van der Waals surface area contributed by atoms with Crippen molar-refractivity contribution in [3.63, 3.8) is 0 Å². The zero-order valence-electron chi connectivity index (χ0n) is 21.4. The highest BCUT2D eigenvalue weighted by molar-refractivity contribution is 5.77. The molecular weight excluding hydrogens is 427 g/mol. The molecule has 0 saturated carbocycles. The molecule has 2 aromatic carbocycles. The Bertz CT molecular complexity index is 799. The molecular formula is C30H43FO3. The Morgan fingerprint density at radius 3 is 1.71 bits per heavy atom. The summed E-state index contributed by atoms with van der Waals surface area (Å²) >= 11 is 0. The second kappa shape index (κ2) is 16.3. The van der Waals surface area contributed by atoms with Crippen molar-refractivity contribution in [3.05, 3.63) is 48.5 Å². The van der Waals surface area contributed by atoms with E-state index in [1.807, 2.05) is 50.2 Å². The summed E-state index contributed by atoms with van der Waals surface area (Å²) in [6, 6.07) is 15.2. The predicted molar refractivity (Wildman–Crippen MR) is 139 cm³/mol. The first-order chi connectivity index (χ1) is 16.5. The van der Waals surface area contributed by atoms with Gasteiger partial charge in [0.15, 0.2) is 6.17 Å². The molecule has 0 aliphatic heterocycles. The van der Waals surface area contributed by atoms with Crippen LogP contribution in [-0.2, 0) is 4.79 Å². The monoisotopic (exact) mass is 470 g/mol. The van der Waals surface area contributed by atoms with Crippen LogP contribution in [0.25, 0.3) is 11.1 Å². The minimum Gasteiger partial charge on any atom is -0.494 e. The third-order valence-corrected chi connectivity index (χ3v) is 5.96. The third kappa shape index (κ3) is 11.2. The van der Waals surface area contributed by atoms with Gasteiger partial charge in [-0.25, -0.2) is 9.18 Å². The van der Waals surface area contributed by atoms with Gasteiger partial charge in [0.05, 0.1) is 6.61 Å². The van der Waals surface area contributed by atoms with Gasteiger partial charge in [-0.15, -0.1) is 0 Å². The molecule has 0 spiro atoms. The smallest absolute Gasteiger partial charge is 0.346 e. The number of benzene rings is 2. The standard InChI is InChI=1S/C30H43FO3/c1-4-5-6-7-8-9-10-11-12-13-22-33-27-18-14-25(15-19-27)26-16-20-28(21-17-26)34-30(32)29(31)23-24(2)3/h14-21,24,29H,4-13,22-23H2,1-3H3. The molecule has 1 unspecified atom stereocenters. The summed E-state index contributed by atoms with van der Waals surface area (Å²) in [5.74, 6) is 0.512. The lowest BCUT2D eigenvalue weighted by atomic mass is 10.1. The molecule has 0 fully saturated rings. The number of ether oxygens (including phenoxy) is 2. The largest absolute Gasteiger partial charge is 0.494 e. The fraction of sp³-hybridized carbons (Fsp3) is 0.567. The molecule has 2 aromatic rings. The van der Waals surface area contributed by atoms with E-state index < -0.39 is 12.1 Å². The lowest BCUT2D eigenvalue weighted by molar-refractivity contribution is -0.140. The summed E-state index contributed by atoms with van der Waals surface area (Å²) in [7, 11) is 0. The van der Waals surface area contributed by atoms with Crippen LogP contribution in [0.4, 0.5) is 4.39 Å². The third-order valence-electron chi connectivity index (χ3n) is 5.96. The Hall–Kier alpha value is -2.36. The number of alkyl halides is 1. The highest BCUT2D eigenvalue weighted by Gasteiger charge is 2.20. The van der Waals surface area contributed by atoms with Crippen molar-refractivity contribution >= 4 is 5.97 Å². The fourth-order valence-electron chi connectivity index (χ4n) is 3.93. The second-order valence-corrected chi connectivity index (χ2v) is 9.60. The summed E-state index contributed by atoms with van der Waals surface area (Å²) in [4.78, 5) is 11.8. The van der Waals surface area contributed by atoms with E-state index in [-0.39, 0.29) is 12.3 Å². The van der Waals surface area contributed by atoms with Crippen LogP contribution in [0.3, 0.4) is 0 Å². The highest BCUT2D eigenvalue weighted by Crippen LogP contribution is 2.25. The Morgan fingerprint density at radius 1 is 0.735 bits per heavy atom. The first-order valence-electron chi connectivity index (χ1n) is 13.2. The number of carbonyl (C=O) groups excluding carboxylic acids is 1. The van der Waals surface area contributed by atoms with Crippen LogP contribution in [0.5, 0.6) is 11.5 Å². The topological polar surface area (TPSA) is 35.5 Å². The van der Waals surface area contributed by atoms with Crippen molar-refractivity contribution in [2.75, 3.05) is 6.61 Å². The first kappa shape index (κ1) is 27.9. The van der Waals surface area contributed by atoms with Crippen molar-refractivity contribution in [3.8, 4) is 22.6 Å². The van der Waals surface area contributed by atoms with Crippen molar-refractivity contribution in [1.82, 2.24) is 0 Å². The average Bonchev–Trinajstić information content (AvgIpc) is 2.83. The van der Waals surface area contributed by atoms with E-state index in [0.29, 0.717) is 5.75 Å². The quantitative estimate of drug-likeness (QED) is 0.131. The Morgan fingerprint density at radius 2 is 1.21 bits per heavy atom. The van der Waals surface area contributed by atoms with Crippen molar-refractivity contribution < 1.29 is 18.7 Å². The number of rotatable bonds is 17. The number of unbranched alkanes of at least 4 members (excludes halogenated alkanes) is 9. The molecule has 34 heavy (non-hydrogen) atoms. The van der Waals surface area contributed by atoms with E-state index in [1.54, 1.807) is 12.1 Å². The van der Waals surface area contributed by atoms with Gasteiger partial charge in [0.1, 0.15) is 11.5 Å². The minimum absolute atomic E-state index is 0.104. The average molecular weight is 471 g/mol. The first-order valence-corrected chi connectivity index (χ1v) is 13.2. The van der Waals surface area contributed by atoms with Crippen LogP contribution in [-0.4, -0.2) is 18.7 Å². The zero-order valence-corrected chi connectivity index (χ0v) is 21.4. The molecule has 2 rings (SSSR count). The Labute approximate surface area is 206 Å². The van der Waals surface area contributed by atoms with Gasteiger partial charge in [0, 0.05) is 0 Å². The molecule has 0 aromatic heterocycles. The van der Waals surface area contributed by atoms with Gasteiger partial charge >= 0.3 is 5.97 Å². The van der Waals surface area contributed by atoms with E-state index >= 15 is 0 Å². The van der Waals surface area contributed by atoms with Crippen LogP contribution in [0.15, 0.2) is 48.5 Å². The van der Waals surface area contributed by atoms with Crippen LogP contribution in [0, 0.1) is 5.92 Å². The molecule has 0 heterocycles. The van der Waals surface area contributed by atoms with Crippen molar-refractivity contribution in [2.24, 2.45) is 5.92 Å². The van der Waals surface area contributed by atoms with Crippen LogP contribution in [0.2, 0.25) is 0 Å². The maximum Gasteiger partial charge on any atom is 0.346 e. The van der Waals surface area contributed by atoms with E-state index in [4.69, 9.17) is 9.47 Å². The lowest BCUT2D eigenvalue weighted by Gasteiger charge is -2.11. The number of carbonyl (C=O) groups is 1. The van der Waals surface area contributed by atoms with Gasteiger partial charge in [-0.3, -0.25) is 0 Å². The maximum atomic E-state index is 13.9. The highest BCUT2D eigenvalue weighted by atomic mass is 19.1. The van der Waals surface area contributed by atoms with Crippen LogP contribution in [0.1, 0.15) is 91.4 Å². The molecule has 1 atom stereocenters. The van der Waals surface area contributed by atoms with Crippen molar-refractivity contribution in [2.45, 2.75) is 97.6 Å². The molecule has 4 heteroatoms. The van der Waals surface area contributed by atoms with Crippen molar-refractivity contribution in [1.29, 1.82) is 0 Å². The lowest BCUT2D eigenvalue weighted by Crippen LogP contribution is -2.23. The second-order valence-electron chi connectivity index (χ2n) is 9.60. The van der Waals surface area contributed by atoms with Gasteiger partial charge < -0.3 is 9.47 Å². The molecule has 0 bridgehead atoms. The van der Waals surface area contributed by atoms with E-state index in [1.165, 1.54) is 57.8 Å². The Balaban J connectivity index is 1.66. The van der Waals surface area contributed by atoms with Gasteiger partial charge in [0.2, 0.25) is 0 Å². The molecule has 0 N–H and O–H groups in total. The SMILES string of the molecule is CCCCCCCCCCCCOc1ccc(-c2ccc(OC(=O)C(F)CC(C)C)cc2)cc1. The predicted octanol–water partition coefficient (Wildman–Crippen LogP) is 8.94. The molecule has 0 aliphatic carbocycles. The van der Waals surface area contributed by atoms with E-state index in [0.717, 1.165) is 29.9 Å². The van der Waals surface area contributed by atoms with E-state index in [2.05, 4.69) is 6.92 Å². The van der Waals surface area contributed by atoms with Gasteiger partial charge in [-0.05, 0) is 54.2 Å². The number of halogens is 1. The van der Waals surface area contributed by atoms with E-state index in [9.17, 15) is 9.18 Å². The number of esters is 1. The molecule has 0 saturated heterocycles. The molecule has 0 radical (unpaired) electrons. The summed E-state index contributed by atoms with van der Waals surface area (Å²) in [6.45, 7) is 6.77. The Kier molecular flexibility index (Phi) is 13.4. The summed E-state index contributed by atoms with van der Waals surface area (Å²) in [6.07, 6.45) is 11.8. The van der Waals surface area contributed by atoms with Gasteiger partial charge in [0.25, 0.3) is 0 Å². The molecule has 0 aliphatic rings. The number of hydrogen-bond donors (Lipinski definition) is 0.